The molecular weight excluding hydrogens is 893 g/mol. The Bertz CT molecular complexity index is 2400. The Labute approximate surface area is 451 Å². The average Bonchev–Trinajstić information content (AvgIpc) is 4.02. The highest BCUT2D eigenvalue weighted by atomic mass is 15.2. The normalized spacial score (nSPS) is 43.1. The van der Waals surface area contributed by atoms with Gasteiger partial charge < -0.3 is 9.80 Å². The van der Waals surface area contributed by atoms with Crippen molar-refractivity contribution in [2.45, 2.75) is 236 Å². The highest BCUT2D eigenvalue weighted by Gasteiger charge is 2.51. The van der Waals surface area contributed by atoms with Gasteiger partial charge in [-0.25, -0.2) is 0 Å². The molecule has 2 heterocycles. The summed E-state index contributed by atoms with van der Waals surface area (Å²) < 4.78 is 0. The van der Waals surface area contributed by atoms with Crippen LogP contribution in [0.5, 0.6) is 0 Å². The first kappa shape index (κ1) is 49.1. The Morgan fingerprint density at radius 1 is 0.473 bits per heavy atom. The van der Waals surface area contributed by atoms with Gasteiger partial charge in [0.25, 0.3) is 0 Å². The van der Waals surface area contributed by atoms with Crippen LogP contribution in [-0.4, -0.2) is 34.0 Å². The minimum absolute atomic E-state index is 0.585. The van der Waals surface area contributed by atoms with Gasteiger partial charge in [-0.2, -0.15) is 0 Å². The van der Waals surface area contributed by atoms with Gasteiger partial charge in [0.15, 0.2) is 0 Å². The molecule has 2 heteroatoms. The summed E-state index contributed by atoms with van der Waals surface area (Å²) in [6.07, 6.45) is 85.8. The molecule has 15 unspecified atom stereocenters. The van der Waals surface area contributed by atoms with Crippen LogP contribution >= 0.6 is 0 Å². The van der Waals surface area contributed by atoms with E-state index in [1.165, 1.54) is 212 Å². The highest BCUT2D eigenvalue weighted by Crippen LogP contribution is 2.57. The summed E-state index contributed by atoms with van der Waals surface area (Å²) >= 11 is 0. The first-order chi connectivity index (χ1) is 36.7. The third kappa shape index (κ3) is 9.66. The molecule has 14 aliphatic rings. The van der Waals surface area contributed by atoms with Gasteiger partial charge in [0, 0.05) is 41.4 Å². The summed E-state index contributed by atoms with van der Waals surface area (Å²) in [4.78, 5) is 6.17. The van der Waals surface area contributed by atoms with E-state index in [0.717, 1.165) is 83.1 Å². The van der Waals surface area contributed by atoms with Crippen LogP contribution in [0, 0.1) is 76.9 Å². The lowest BCUT2D eigenvalue weighted by molar-refractivity contribution is 0.0908. The molecule has 15 atom stereocenters. The fourth-order valence-corrected chi connectivity index (χ4v) is 20.5. The van der Waals surface area contributed by atoms with E-state index in [4.69, 9.17) is 0 Å². The SMILES string of the molecule is C1=CCCC(C2=CC(C3=CCCCC3)CC(C3CCC(N4C5=C(CC(C6CC=C7C(C6)C6CCC=CC6N7C6C=CC(C7CC(C8=CCCCC8)CC(C8C=CCCC8)C7)CC6)C=C5)C5CCCCC54)CC3)C2)=C1. The van der Waals surface area contributed by atoms with Gasteiger partial charge in [-0.1, -0.05) is 109 Å². The summed E-state index contributed by atoms with van der Waals surface area (Å²) in [5.41, 5.74) is 12.5. The molecule has 12 aliphatic carbocycles. The van der Waals surface area contributed by atoms with E-state index < -0.39 is 0 Å². The second-order valence-electron chi connectivity index (χ2n) is 28.0. The molecule has 396 valence electrons. The molecule has 0 bridgehead atoms. The fourth-order valence-electron chi connectivity index (χ4n) is 20.5. The van der Waals surface area contributed by atoms with Crippen LogP contribution in [0.2, 0.25) is 0 Å². The molecule has 74 heavy (non-hydrogen) atoms. The predicted molar refractivity (Wildman–Crippen MR) is 310 cm³/mol. The van der Waals surface area contributed by atoms with Crippen molar-refractivity contribution in [2.24, 2.45) is 76.9 Å². The largest absolute Gasteiger partial charge is 0.365 e. The van der Waals surface area contributed by atoms with Crippen molar-refractivity contribution < 1.29 is 0 Å². The summed E-state index contributed by atoms with van der Waals surface area (Å²) in [5, 5.41) is 0. The maximum absolute atomic E-state index is 3.13. The molecule has 0 aromatic carbocycles. The van der Waals surface area contributed by atoms with Crippen molar-refractivity contribution in [2.75, 3.05) is 0 Å². The van der Waals surface area contributed by atoms with Crippen LogP contribution in [0.3, 0.4) is 0 Å². The second kappa shape index (κ2) is 21.9. The number of nitrogens with zero attached hydrogens (tertiary/aromatic N) is 2. The van der Waals surface area contributed by atoms with E-state index in [9.17, 15) is 0 Å². The summed E-state index contributed by atoms with van der Waals surface area (Å²) in [6.45, 7) is 0. The molecule has 0 N–H and O–H groups in total. The standard InChI is InChI=1S/C72H98N2/c1-5-17-49(18-6-1)57-41-58(50-19-7-2-8-20-50)44-61(43-57)53-29-35-63(36-30-53)73-69-27-15-13-25-65(69)67-47-55(33-39-71(67)73)56-34-40-72-68(48-56)66-26-14-16-28-70(66)74(72)64-37-31-54(32-38-64)62-45-59(51-21-9-3-10-22-51)42-60(46-62)52-23-11-4-12-24-52/h1,5,9,16-17,19,21,23,28,31,33,37,39-41,51,53-56,58-66,68-70H,2-4,6-8,10-15,18,20,22,24-27,29-30,32,34-36,38,42-48H2. The molecule has 2 nitrogen and oxygen atoms in total. The van der Waals surface area contributed by atoms with Gasteiger partial charge in [0.2, 0.25) is 0 Å². The molecule has 0 amide bonds. The van der Waals surface area contributed by atoms with Gasteiger partial charge in [0.05, 0.1) is 6.04 Å². The zero-order valence-electron chi connectivity index (χ0n) is 46.2. The molecule has 4 fully saturated rings. The summed E-state index contributed by atoms with van der Waals surface area (Å²) in [6, 6.07) is 2.73. The van der Waals surface area contributed by atoms with E-state index in [1.54, 1.807) is 28.1 Å². The molecule has 0 aromatic rings. The monoisotopic (exact) mass is 991 g/mol. The van der Waals surface area contributed by atoms with Crippen molar-refractivity contribution in [1.29, 1.82) is 0 Å². The quantitative estimate of drug-likeness (QED) is 0.212. The van der Waals surface area contributed by atoms with Crippen LogP contribution in [-0.2, 0) is 0 Å². The van der Waals surface area contributed by atoms with Crippen LogP contribution in [0.1, 0.15) is 212 Å². The first-order valence-corrected chi connectivity index (χ1v) is 32.8. The number of hydrogen-bond acceptors (Lipinski definition) is 2. The smallest absolute Gasteiger partial charge is 0.0510 e. The molecule has 14 rings (SSSR count). The fraction of sp³-hybridized carbons (Fsp3) is 0.694. The lowest BCUT2D eigenvalue weighted by atomic mass is 9.62. The second-order valence-corrected chi connectivity index (χ2v) is 28.0. The van der Waals surface area contributed by atoms with E-state index >= 15 is 0 Å². The van der Waals surface area contributed by atoms with Crippen LogP contribution in [0.4, 0.5) is 0 Å². The summed E-state index contributed by atoms with van der Waals surface area (Å²) in [5.74, 6) is 10.6. The molecule has 0 aromatic heterocycles. The molecular formula is C72H98N2. The first-order valence-electron chi connectivity index (χ1n) is 32.8. The Kier molecular flexibility index (Phi) is 14.5. The number of fused-ring (bicyclic) bond motifs is 5. The summed E-state index contributed by atoms with van der Waals surface area (Å²) in [7, 11) is 0. The van der Waals surface area contributed by atoms with Gasteiger partial charge in [0.1, 0.15) is 0 Å². The van der Waals surface area contributed by atoms with Crippen molar-refractivity contribution in [1.82, 2.24) is 9.80 Å². The third-order valence-corrected chi connectivity index (χ3v) is 24.2. The van der Waals surface area contributed by atoms with Gasteiger partial charge in [-0.3, -0.25) is 0 Å². The topological polar surface area (TPSA) is 6.48 Å². The Balaban J connectivity index is 0.645. The molecule has 2 aliphatic heterocycles. The van der Waals surface area contributed by atoms with Crippen LogP contribution in [0.15, 0.2) is 130 Å². The van der Waals surface area contributed by atoms with Crippen molar-refractivity contribution in [3.05, 3.63) is 130 Å². The Morgan fingerprint density at radius 2 is 1.31 bits per heavy atom. The zero-order chi connectivity index (χ0) is 49.0. The molecule has 0 radical (unpaired) electrons. The predicted octanol–water partition coefficient (Wildman–Crippen LogP) is 18.8. The Morgan fingerprint density at radius 3 is 2.09 bits per heavy atom. The number of allylic oxidation sites excluding steroid dienone is 18. The molecule has 3 saturated carbocycles. The van der Waals surface area contributed by atoms with Crippen molar-refractivity contribution in [3.8, 4) is 0 Å². The molecule has 0 spiro atoms. The number of likely N-dealkylation sites (tertiary alicyclic amines) is 1. The Hall–Kier alpha value is -3.26. The lowest BCUT2D eigenvalue weighted by Gasteiger charge is -2.45. The average molecular weight is 992 g/mol. The van der Waals surface area contributed by atoms with E-state index in [2.05, 4.69) is 101 Å². The highest BCUT2D eigenvalue weighted by molar-refractivity contribution is 5.41. The van der Waals surface area contributed by atoms with Gasteiger partial charge in [-0.05, 0) is 287 Å². The van der Waals surface area contributed by atoms with Gasteiger partial charge >= 0.3 is 0 Å². The van der Waals surface area contributed by atoms with E-state index in [1.807, 2.05) is 11.1 Å². The van der Waals surface area contributed by atoms with E-state index in [-0.39, 0.29) is 0 Å². The minimum atomic E-state index is 0.585. The number of rotatable bonds is 9. The third-order valence-electron chi connectivity index (χ3n) is 24.2. The van der Waals surface area contributed by atoms with Crippen LogP contribution < -0.4 is 0 Å². The maximum atomic E-state index is 3.13. The van der Waals surface area contributed by atoms with Crippen LogP contribution in [0.25, 0.3) is 0 Å². The number of hydrogen-bond donors (Lipinski definition) is 0. The van der Waals surface area contributed by atoms with Gasteiger partial charge in [-0.15, -0.1) is 0 Å². The lowest BCUT2D eigenvalue weighted by Crippen LogP contribution is -2.45. The zero-order valence-corrected chi connectivity index (χ0v) is 46.2. The molecule has 1 saturated heterocycles. The van der Waals surface area contributed by atoms with E-state index in [0.29, 0.717) is 18.0 Å². The van der Waals surface area contributed by atoms with Crippen molar-refractivity contribution >= 4 is 0 Å². The minimum Gasteiger partial charge on any atom is -0.365 e. The van der Waals surface area contributed by atoms with Crippen molar-refractivity contribution in [3.63, 3.8) is 0 Å². The maximum Gasteiger partial charge on any atom is 0.0510 e.